The third kappa shape index (κ3) is 3.14. The number of aromatic nitrogens is 3. The Kier molecular flexibility index (Phi) is 3.54. The molecule has 0 aliphatic heterocycles. The van der Waals surface area contributed by atoms with Gasteiger partial charge in [0, 0.05) is 30.7 Å². The van der Waals surface area contributed by atoms with Crippen molar-refractivity contribution in [3.05, 3.63) is 46.6 Å². The summed E-state index contributed by atoms with van der Waals surface area (Å²) in [7, 11) is 0. The molecule has 0 aromatic carbocycles. The van der Waals surface area contributed by atoms with Gasteiger partial charge >= 0.3 is 0 Å². The first-order valence-corrected chi connectivity index (χ1v) is 5.67. The molecule has 0 amide bonds. The quantitative estimate of drug-likeness (QED) is 0.849. The van der Waals surface area contributed by atoms with Crippen LogP contribution in [0.1, 0.15) is 16.8 Å². The van der Waals surface area contributed by atoms with Crippen LogP contribution in [0.15, 0.2) is 24.5 Å². The minimum absolute atomic E-state index is 0.263. The molecule has 2 aromatic rings. The maximum Gasteiger partial charge on any atom is 0.224 e. The Labute approximate surface area is 105 Å². The van der Waals surface area contributed by atoms with Crippen molar-refractivity contribution < 1.29 is 0 Å². The zero-order valence-electron chi connectivity index (χ0n) is 9.74. The van der Waals surface area contributed by atoms with Crippen LogP contribution in [0.5, 0.6) is 0 Å². The third-order valence-electron chi connectivity index (χ3n) is 2.42. The maximum absolute atomic E-state index is 5.79. The van der Waals surface area contributed by atoms with Crippen LogP contribution in [0.4, 0.5) is 5.82 Å². The lowest BCUT2D eigenvalue weighted by molar-refractivity contribution is 1.04. The van der Waals surface area contributed by atoms with Gasteiger partial charge in [-0.1, -0.05) is 0 Å². The molecule has 0 aliphatic rings. The molecule has 0 fully saturated rings. The van der Waals surface area contributed by atoms with Gasteiger partial charge in [0.15, 0.2) is 0 Å². The van der Waals surface area contributed by atoms with Gasteiger partial charge in [0.05, 0.1) is 0 Å². The van der Waals surface area contributed by atoms with Crippen LogP contribution >= 0.6 is 11.6 Å². The van der Waals surface area contributed by atoms with Gasteiger partial charge in [0.1, 0.15) is 5.82 Å². The van der Waals surface area contributed by atoms with Gasteiger partial charge in [-0.25, -0.2) is 9.97 Å². The van der Waals surface area contributed by atoms with Crippen molar-refractivity contribution in [3.63, 3.8) is 0 Å². The predicted octanol–water partition coefficient (Wildman–Crippen LogP) is 2.75. The van der Waals surface area contributed by atoms with Crippen molar-refractivity contribution in [2.75, 3.05) is 5.32 Å². The van der Waals surface area contributed by atoms with Crippen molar-refractivity contribution in [1.29, 1.82) is 0 Å². The van der Waals surface area contributed by atoms with E-state index in [1.54, 1.807) is 6.20 Å². The number of rotatable bonds is 3. The lowest BCUT2D eigenvalue weighted by Crippen LogP contribution is -2.04. The highest BCUT2D eigenvalue weighted by Gasteiger charge is 2.01. The first-order chi connectivity index (χ1) is 8.15. The van der Waals surface area contributed by atoms with Crippen LogP contribution in [0, 0.1) is 13.8 Å². The van der Waals surface area contributed by atoms with Crippen molar-refractivity contribution in [1.82, 2.24) is 15.0 Å². The fourth-order valence-electron chi connectivity index (χ4n) is 1.51. The highest BCUT2D eigenvalue weighted by atomic mass is 35.5. The predicted molar refractivity (Wildman–Crippen MR) is 68.1 cm³/mol. The summed E-state index contributed by atoms with van der Waals surface area (Å²) < 4.78 is 0. The van der Waals surface area contributed by atoms with Gasteiger partial charge in [-0.15, -0.1) is 0 Å². The Morgan fingerprint density at radius 1 is 1.29 bits per heavy atom. The zero-order valence-corrected chi connectivity index (χ0v) is 10.5. The second-order valence-electron chi connectivity index (χ2n) is 3.82. The Hall–Kier alpha value is -1.68. The first-order valence-electron chi connectivity index (χ1n) is 5.29. The van der Waals surface area contributed by atoms with Crippen molar-refractivity contribution >= 4 is 17.4 Å². The monoisotopic (exact) mass is 248 g/mol. The third-order valence-corrected chi connectivity index (χ3v) is 2.59. The van der Waals surface area contributed by atoms with E-state index >= 15 is 0 Å². The molecule has 0 atom stereocenters. The van der Waals surface area contributed by atoms with Crippen LogP contribution in [0.3, 0.4) is 0 Å². The number of pyridine rings is 1. The average molecular weight is 249 g/mol. The summed E-state index contributed by atoms with van der Waals surface area (Å²) in [5, 5.41) is 3.48. The fraction of sp³-hybridized carbons (Fsp3) is 0.250. The summed E-state index contributed by atoms with van der Waals surface area (Å²) in [6.45, 7) is 4.61. The first kappa shape index (κ1) is 11.8. The summed E-state index contributed by atoms with van der Waals surface area (Å²) in [4.78, 5) is 12.2. The van der Waals surface area contributed by atoms with Gasteiger partial charge in [-0.05, 0) is 42.6 Å². The minimum Gasteiger partial charge on any atom is -0.366 e. The molecular formula is C12H13ClN4. The molecule has 5 heteroatoms. The number of hydrogen-bond acceptors (Lipinski definition) is 4. The molecule has 17 heavy (non-hydrogen) atoms. The van der Waals surface area contributed by atoms with Crippen LogP contribution in [-0.2, 0) is 6.54 Å². The van der Waals surface area contributed by atoms with E-state index in [-0.39, 0.29) is 5.28 Å². The molecule has 2 aromatic heterocycles. The lowest BCUT2D eigenvalue weighted by Gasteiger charge is -2.08. The van der Waals surface area contributed by atoms with Crippen LogP contribution < -0.4 is 5.32 Å². The van der Waals surface area contributed by atoms with E-state index in [0.29, 0.717) is 6.54 Å². The van der Waals surface area contributed by atoms with Crippen molar-refractivity contribution in [3.8, 4) is 0 Å². The smallest absolute Gasteiger partial charge is 0.224 e. The molecule has 0 saturated carbocycles. The topological polar surface area (TPSA) is 50.7 Å². The standard InChI is InChI=1S/C12H13ClN4/c1-8-6-14-4-3-10(8)7-15-11-5-9(2)16-12(13)17-11/h3-6H,7H2,1-2H3,(H,15,16,17). The Balaban J connectivity index is 2.10. The zero-order chi connectivity index (χ0) is 12.3. The van der Waals surface area contributed by atoms with Gasteiger partial charge in [-0.3, -0.25) is 4.98 Å². The Morgan fingerprint density at radius 2 is 2.12 bits per heavy atom. The molecule has 0 radical (unpaired) electrons. The summed E-state index contributed by atoms with van der Waals surface area (Å²) in [5.74, 6) is 0.735. The van der Waals surface area contributed by atoms with E-state index in [0.717, 1.165) is 17.1 Å². The summed E-state index contributed by atoms with van der Waals surface area (Å²) in [5.41, 5.74) is 3.18. The number of aryl methyl sites for hydroxylation is 2. The molecule has 88 valence electrons. The number of nitrogens with zero attached hydrogens (tertiary/aromatic N) is 3. The molecule has 4 nitrogen and oxygen atoms in total. The van der Waals surface area contributed by atoms with Gasteiger partial charge in [0.2, 0.25) is 5.28 Å². The minimum atomic E-state index is 0.263. The summed E-state index contributed by atoms with van der Waals surface area (Å²) in [6.07, 6.45) is 3.62. The van der Waals surface area contributed by atoms with Crippen molar-refractivity contribution in [2.45, 2.75) is 20.4 Å². The normalized spacial score (nSPS) is 10.3. The molecule has 0 spiro atoms. The molecule has 0 unspecified atom stereocenters. The SMILES string of the molecule is Cc1cc(NCc2ccncc2C)nc(Cl)n1. The average Bonchev–Trinajstić information content (AvgIpc) is 2.27. The van der Waals surface area contributed by atoms with E-state index < -0.39 is 0 Å². The number of hydrogen-bond donors (Lipinski definition) is 1. The van der Waals surface area contributed by atoms with Crippen LogP contribution in [0.2, 0.25) is 5.28 Å². The van der Waals surface area contributed by atoms with E-state index in [9.17, 15) is 0 Å². The van der Waals surface area contributed by atoms with Crippen LogP contribution in [0.25, 0.3) is 0 Å². The summed E-state index contributed by atoms with van der Waals surface area (Å²) >= 11 is 5.79. The molecule has 2 rings (SSSR count). The van der Waals surface area contributed by atoms with E-state index in [4.69, 9.17) is 11.6 Å². The Bertz CT molecular complexity index is 507. The Morgan fingerprint density at radius 3 is 2.82 bits per heavy atom. The summed E-state index contributed by atoms with van der Waals surface area (Å²) in [6, 6.07) is 3.85. The molecule has 0 saturated heterocycles. The van der Waals surface area contributed by atoms with Crippen molar-refractivity contribution in [2.24, 2.45) is 0 Å². The van der Waals surface area contributed by atoms with E-state index in [1.165, 1.54) is 5.56 Å². The fourth-order valence-corrected chi connectivity index (χ4v) is 1.73. The number of nitrogens with one attached hydrogen (secondary N) is 1. The van der Waals surface area contributed by atoms with Gasteiger partial charge < -0.3 is 5.32 Å². The molecule has 1 N–H and O–H groups in total. The van der Waals surface area contributed by atoms with E-state index in [1.807, 2.05) is 32.2 Å². The number of halogens is 1. The van der Waals surface area contributed by atoms with Gasteiger partial charge in [0.25, 0.3) is 0 Å². The molecule has 2 heterocycles. The molecule has 0 aliphatic carbocycles. The number of anilines is 1. The van der Waals surface area contributed by atoms with Gasteiger partial charge in [-0.2, -0.15) is 0 Å². The largest absolute Gasteiger partial charge is 0.366 e. The highest BCUT2D eigenvalue weighted by Crippen LogP contribution is 2.12. The molecular weight excluding hydrogens is 236 g/mol. The second-order valence-corrected chi connectivity index (χ2v) is 4.16. The second kappa shape index (κ2) is 5.10. The van der Waals surface area contributed by atoms with Crippen LogP contribution in [-0.4, -0.2) is 15.0 Å². The lowest BCUT2D eigenvalue weighted by atomic mass is 10.1. The van der Waals surface area contributed by atoms with E-state index in [2.05, 4.69) is 20.3 Å². The highest BCUT2D eigenvalue weighted by molar-refractivity contribution is 6.28. The maximum atomic E-state index is 5.79. The molecule has 0 bridgehead atoms.